The minimum Gasteiger partial charge on any atom is -0.262 e. The van der Waals surface area contributed by atoms with Crippen LogP contribution in [0.1, 0.15) is 0 Å². The van der Waals surface area contributed by atoms with Gasteiger partial charge >= 0.3 is 0 Å². The second-order valence-electron chi connectivity index (χ2n) is 1.88. The molecular formula is C7H4N3. The van der Waals surface area contributed by atoms with Crippen molar-refractivity contribution in [1.29, 1.82) is 0 Å². The average Bonchev–Trinajstić information content (AvgIpc) is 2.05. The molecule has 0 amide bonds. The molecule has 0 atom stereocenters. The maximum absolute atomic E-state index is 3.89. The Kier molecular flexibility index (Phi) is 1.07. The van der Waals surface area contributed by atoms with Crippen molar-refractivity contribution in [2.24, 2.45) is 0 Å². The number of fused-ring (bicyclic) bond motifs is 1. The molecule has 0 aromatic carbocycles. The Morgan fingerprint density at radius 1 is 1.40 bits per heavy atom. The average molecular weight is 130 g/mol. The van der Waals surface area contributed by atoms with E-state index < -0.39 is 0 Å². The quantitative estimate of drug-likeness (QED) is 0.530. The molecule has 47 valence electrons. The van der Waals surface area contributed by atoms with Crippen LogP contribution in [-0.4, -0.2) is 15.2 Å². The molecule has 0 aliphatic rings. The van der Waals surface area contributed by atoms with Crippen molar-refractivity contribution in [3.8, 4) is 0 Å². The van der Waals surface area contributed by atoms with Crippen LogP contribution in [0.5, 0.6) is 0 Å². The first-order valence-electron chi connectivity index (χ1n) is 2.90. The summed E-state index contributed by atoms with van der Waals surface area (Å²) in [5.41, 5.74) is 0.782. The summed E-state index contributed by atoms with van der Waals surface area (Å²) in [6, 6.07) is 4.79. The first kappa shape index (κ1) is 5.29. The molecule has 1 radical (unpaired) electrons. The summed E-state index contributed by atoms with van der Waals surface area (Å²) in [6.07, 6.45) is 4.92. The summed E-state index contributed by atoms with van der Waals surface area (Å²) in [4.78, 5) is 3.89. The van der Waals surface area contributed by atoms with Gasteiger partial charge < -0.3 is 0 Å². The van der Waals surface area contributed by atoms with Crippen LogP contribution in [0.2, 0.25) is 0 Å². The van der Waals surface area contributed by atoms with E-state index in [0.29, 0.717) is 0 Å². The van der Waals surface area contributed by atoms with E-state index in [1.54, 1.807) is 18.6 Å². The molecule has 0 spiro atoms. The first-order valence-corrected chi connectivity index (χ1v) is 2.90. The Morgan fingerprint density at radius 2 is 2.40 bits per heavy atom. The topological polar surface area (TPSA) is 38.7 Å². The molecule has 2 aromatic rings. The SMILES string of the molecule is [c]1cnnc2cnccc12. The van der Waals surface area contributed by atoms with E-state index in [-0.39, 0.29) is 0 Å². The zero-order valence-electron chi connectivity index (χ0n) is 5.15. The highest BCUT2D eigenvalue weighted by Crippen LogP contribution is 2.03. The molecule has 2 heterocycles. The Bertz CT molecular complexity index is 280. The highest BCUT2D eigenvalue weighted by Gasteiger charge is 1.89. The zero-order valence-corrected chi connectivity index (χ0v) is 5.15. The fourth-order valence-corrected chi connectivity index (χ4v) is 0.777. The molecular weight excluding hydrogens is 126 g/mol. The molecule has 3 heteroatoms. The molecule has 0 unspecified atom stereocenters. The van der Waals surface area contributed by atoms with E-state index in [2.05, 4.69) is 21.2 Å². The molecule has 2 rings (SSSR count). The van der Waals surface area contributed by atoms with Gasteiger partial charge in [-0.15, -0.1) is 5.10 Å². The molecule has 0 N–H and O–H groups in total. The van der Waals surface area contributed by atoms with Crippen molar-refractivity contribution < 1.29 is 0 Å². The summed E-state index contributed by atoms with van der Waals surface area (Å²) in [5, 5.41) is 8.45. The Morgan fingerprint density at radius 3 is 3.30 bits per heavy atom. The summed E-state index contributed by atoms with van der Waals surface area (Å²) >= 11 is 0. The van der Waals surface area contributed by atoms with Crippen LogP contribution in [0.15, 0.2) is 24.7 Å². The van der Waals surface area contributed by atoms with Gasteiger partial charge in [-0.1, -0.05) is 0 Å². The lowest BCUT2D eigenvalue weighted by Gasteiger charge is -1.89. The number of nitrogens with zero attached hydrogens (tertiary/aromatic N) is 3. The van der Waals surface area contributed by atoms with Gasteiger partial charge in [-0.2, -0.15) is 5.10 Å². The van der Waals surface area contributed by atoms with Crippen molar-refractivity contribution in [1.82, 2.24) is 15.2 Å². The summed E-state index contributed by atoms with van der Waals surface area (Å²) in [5.74, 6) is 0. The van der Waals surface area contributed by atoms with Gasteiger partial charge in [0.05, 0.1) is 12.4 Å². The van der Waals surface area contributed by atoms with E-state index >= 15 is 0 Å². The maximum atomic E-state index is 3.89. The van der Waals surface area contributed by atoms with E-state index in [9.17, 15) is 0 Å². The van der Waals surface area contributed by atoms with Gasteiger partial charge in [0.1, 0.15) is 5.52 Å². The van der Waals surface area contributed by atoms with Gasteiger partial charge in [0.15, 0.2) is 0 Å². The fourth-order valence-electron chi connectivity index (χ4n) is 0.777. The van der Waals surface area contributed by atoms with Crippen molar-refractivity contribution in [3.05, 3.63) is 30.7 Å². The van der Waals surface area contributed by atoms with E-state index in [1.165, 1.54) is 0 Å². The Hall–Kier alpha value is -1.51. The monoisotopic (exact) mass is 130 g/mol. The molecule has 3 nitrogen and oxygen atoms in total. The number of pyridine rings is 1. The summed E-state index contributed by atoms with van der Waals surface area (Å²) < 4.78 is 0. The predicted octanol–water partition coefficient (Wildman–Crippen LogP) is 0.825. The van der Waals surface area contributed by atoms with Crippen molar-refractivity contribution in [2.45, 2.75) is 0 Å². The van der Waals surface area contributed by atoms with Gasteiger partial charge in [-0.05, 0) is 6.07 Å². The third-order valence-electron chi connectivity index (χ3n) is 1.24. The molecule has 0 saturated heterocycles. The largest absolute Gasteiger partial charge is 0.262 e. The second kappa shape index (κ2) is 2.02. The lowest BCUT2D eigenvalue weighted by molar-refractivity contribution is 1.07. The Labute approximate surface area is 57.7 Å². The standard InChI is InChI=1S/C7H4N3/c1-3-8-5-7-6(1)2-4-9-10-7/h1,3-5H. The second-order valence-corrected chi connectivity index (χ2v) is 1.88. The van der Waals surface area contributed by atoms with Gasteiger partial charge in [-0.3, -0.25) is 4.98 Å². The smallest absolute Gasteiger partial charge is 0.112 e. The van der Waals surface area contributed by atoms with E-state index in [1.807, 2.05) is 6.07 Å². The van der Waals surface area contributed by atoms with Crippen molar-refractivity contribution in [3.63, 3.8) is 0 Å². The van der Waals surface area contributed by atoms with Crippen LogP contribution in [-0.2, 0) is 0 Å². The normalized spacial score (nSPS) is 10.0. The lowest BCUT2D eigenvalue weighted by Crippen LogP contribution is -1.82. The van der Waals surface area contributed by atoms with Crippen molar-refractivity contribution in [2.75, 3.05) is 0 Å². The van der Waals surface area contributed by atoms with Crippen molar-refractivity contribution >= 4 is 10.9 Å². The van der Waals surface area contributed by atoms with Crippen LogP contribution < -0.4 is 0 Å². The first-order chi connectivity index (χ1) is 4.97. The van der Waals surface area contributed by atoms with Gasteiger partial charge in [0.25, 0.3) is 0 Å². The lowest BCUT2D eigenvalue weighted by atomic mass is 10.3. The van der Waals surface area contributed by atoms with Gasteiger partial charge in [-0.25, -0.2) is 0 Å². The molecule has 0 fully saturated rings. The van der Waals surface area contributed by atoms with Gasteiger partial charge in [0, 0.05) is 17.6 Å². The minimum atomic E-state index is 0.782. The molecule has 10 heavy (non-hydrogen) atoms. The molecule has 0 saturated carbocycles. The predicted molar refractivity (Wildman–Crippen MR) is 36.2 cm³/mol. The van der Waals surface area contributed by atoms with Gasteiger partial charge in [0.2, 0.25) is 0 Å². The molecule has 0 aliphatic carbocycles. The highest BCUT2D eigenvalue weighted by atomic mass is 15.1. The highest BCUT2D eigenvalue weighted by molar-refractivity contribution is 5.75. The number of aromatic nitrogens is 3. The Balaban J connectivity index is 2.89. The molecule has 0 bridgehead atoms. The van der Waals surface area contributed by atoms with E-state index in [0.717, 1.165) is 10.9 Å². The zero-order chi connectivity index (χ0) is 6.81. The van der Waals surface area contributed by atoms with Crippen LogP contribution in [0.25, 0.3) is 10.9 Å². The summed E-state index contributed by atoms with van der Waals surface area (Å²) in [7, 11) is 0. The van der Waals surface area contributed by atoms with Crippen LogP contribution in [0, 0.1) is 6.07 Å². The number of hydrogen-bond acceptors (Lipinski definition) is 3. The maximum Gasteiger partial charge on any atom is 0.112 e. The molecule has 0 aliphatic heterocycles. The third-order valence-corrected chi connectivity index (χ3v) is 1.24. The number of rotatable bonds is 0. The van der Waals surface area contributed by atoms with Crippen LogP contribution >= 0.6 is 0 Å². The fraction of sp³-hybridized carbons (Fsp3) is 0. The van der Waals surface area contributed by atoms with E-state index in [4.69, 9.17) is 0 Å². The van der Waals surface area contributed by atoms with Crippen LogP contribution in [0.3, 0.4) is 0 Å². The van der Waals surface area contributed by atoms with Crippen LogP contribution in [0.4, 0.5) is 0 Å². The number of hydrogen-bond donors (Lipinski definition) is 0. The minimum absolute atomic E-state index is 0.782. The summed E-state index contributed by atoms with van der Waals surface area (Å²) in [6.45, 7) is 0. The molecule has 2 aromatic heterocycles. The third kappa shape index (κ3) is 0.719.